The number of nitrogens with zero attached hydrogens (tertiary/aromatic N) is 1. The van der Waals surface area contributed by atoms with Gasteiger partial charge in [-0.15, -0.1) is 0 Å². The van der Waals surface area contributed by atoms with E-state index in [1.807, 2.05) is 7.05 Å². The van der Waals surface area contributed by atoms with E-state index >= 15 is 0 Å². The van der Waals surface area contributed by atoms with Crippen LogP contribution in [0.1, 0.15) is 0 Å². The van der Waals surface area contributed by atoms with Crippen molar-refractivity contribution < 1.29 is 0 Å². The van der Waals surface area contributed by atoms with E-state index in [1.54, 1.807) is 0 Å². The van der Waals surface area contributed by atoms with E-state index in [0.717, 1.165) is 0 Å². The summed E-state index contributed by atoms with van der Waals surface area (Å²) in [5.41, 5.74) is 0. The normalized spacial score (nSPS) is 7.50. The van der Waals surface area contributed by atoms with Gasteiger partial charge in [-0.3, -0.25) is 0 Å². The van der Waals surface area contributed by atoms with Crippen LogP contribution in [0.5, 0.6) is 0 Å². The second-order valence-electron chi connectivity index (χ2n) is 0.516. The zero-order valence-electron chi connectivity index (χ0n) is 3.02. The van der Waals surface area contributed by atoms with Gasteiger partial charge < -0.3 is 0 Å². The van der Waals surface area contributed by atoms with Gasteiger partial charge in [0.2, 0.25) is 0 Å². The molecule has 0 bridgehead atoms. The third-order valence-corrected chi connectivity index (χ3v) is 1.73. The number of rotatable bonds is 0. The standard InChI is InChI=1S/CH3N.CH3.In/c1-2;;/h1H3;1H3;. The van der Waals surface area contributed by atoms with Crippen LogP contribution in [-0.4, -0.2) is 29.8 Å². The van der Waals surface area contributed by atoms with Crippen LogP contribution in [0.3, 0.4) is 0 Å². The average Bonchev–Trinajstić information content (AvgIpc) is 1.37. The van der Waals surface area contributed by atoms with E-state index in [4.69, 9.17) is 0 Å². The Kier molecular flexibility index (Phi) is 4.28. The molecule has 22 valence electrons. The Morgan fingerprint density at radius 1 is 1.75 bits per heavy atom. The summed E-state index contributed by atoms with van der Waals surface area (Å²) in [5, 5.41) is 0. The molecule has 0 aromatic heterocycles. The SMILES string of the molecule is C[N]=[In][CH3]. The van der Waals surface area contributed by atoms with Gasteiger partial charge in [0.05, 0.1) is 0 Å². The Bertz CT molecular complexity index is 21.2. The monoisotopic (exact) mass is 159 g/mol. The van der Waals surface area contributed by atoms with Gasteiger partial charge in [-0.05, 0) is 0 Å². The summed E-state index contributed by atoms with van der Waals surface area (Å²) in [6, 6.07) is 0. The summed E-state index contributed by atoms with van der Waals surface area (Å²) in [6.45, 7) is 0. The van der Waals surface area contributed by atoms with Crippen LogP contribution in [0.4, 0.5) is 0 Å². The van der Waals surface area contributed by atoms with E-state index in [0.29, 0.717) is 0 Å². The molecular weight excluding hydrogens is 153 g/mol. The molecule has 0 saturated heterocycles. The van der Waals surface area contributed by atoms with Crippen LogP contribution >= 0.6 is 0 Å². The first-order valence-corrected chi connectivity index (χ1v) is 6.05. The van der Waals surface area contributed by atoms with Crippen LogP contribution in [0.2, 0.25) is 4.68 Å². The zero-order chi connectivity index (χ0) is 3.41. The minimum absolute atomic E-state index is 0.280. The molecule has 0 amide bonds. The van der Waals surface area contributed by atoms with Gasteiger partial charge in [0.1, 0.15) is 0 Å². The molecule has 0 spiro atoms. The van der Waals surface area contributed by atoms with Gasteiger partial charge in [0.15, 0.2) is 0 Å². The fraction of sp³-hybridized carbons (Fsp3) is 1.00. The Morgan fingerprint density at radius 3 is 2.00 bits per heavy atom. The van der Waals surface area contributed by atoms with E-state index in [2.05, 4.69) is 7.60 Å². The van der Waals surface area contributed by atoms with Gasteiger partial charge >= 0.3 is 37.4 Å². The fourth-order valence-electron chi connectivity index (χ4n) is 0. The Morgan fingerprint density at radius 2 is 2.00 bits per heavy atom. The van der Waals surface area contributed by atoms with Crippen molar-refractivity contribution in [2.45, 2.75) is 4.68 Å². The molecule has 0 fully saturated rings. The Hall–Kier alpha value is 0.670. The predicted molar refractivity (Wildman–Crippen MR) is 20.0 cm³/mol. The molecule has 0 aromatic carbocycles. The Balaban J connectivity index is 2.55. The first kappa shape index (κ1) is 4.67. The van der Waals surface area contributed by atoms with Crippen molar-refractivity contribution in [2.75, 3.05) is 7.05 Å². The van der Waals surface area contributed by atoms with Crippen LogP contribution in [0, 0.1) is 0 Å². The summed E-state index contributed by atoms with van der Waals surface area (Å²) in [6.07, 6.45) is 0. The van der Waals surface area contributed by atoms with Gasteiger partial charge in [0.25, 0.3) is 0 Å². The molecule has 0 saturated carbocycles. The van der Waals surface area contributed by atoms with Crippen molar-refractivity contribution in [1.82, 2.24) is 0 Å². The molecule has 0 heterocycles. The molecule has 4 heavy (non-hydrogen) atoms. The van der Waals surface area contributed by atoms with Crippen molar-refractivity contribution in [3.05, 3.63) is 0 Å². The van der Waals surface area contributed by atoms with Crippen molar-refractivity contribution in [1.29, 1.82) is 0 Å². The maximum atomic E-state index is 3.93. The first-order valence-electron chi connectivity index (χ1n) is 1.28. The molecule has 0 unspecified atom stereocenters. The van der Waals surface area contributed by atoms with Crippen LogP contribution < -0.4 is 0 Å². The van der Waals surface area contributed by atoms with E-state index in [1.165, 1.54) is 0 Å². The van der Waals surface area contributed by atoms with E-state index in [9.17, 15) is 0 Å². The molecular formula is C2H6InN. The molecule has 0 aromatic rings. The minimum atomic E-state index is -0.280. The first-order chi connectivity index (χ1) is 1.91. The molecule has 0 rings (SSSR count). The van der Waals surface area contributed by atoms with Gasteiger partial charge in [-0.1, -0.05) is 0 Å². The molecule has 0 atom stereocenters. The fourth-order valence-corrected chi connectivity index (χ4v) is 0. The molecule has 0 N–H and O–H groups in total. The Labute approximate surface area is 37.7 Å². The maximum absolute atomic E-state index is 3.93. The number of hydrogen-bond acceptors (Lipinski definition) is 1. The topological polar surface area (TPSA) is 12.4 Å². The molecule has 1 nitrogen and oxygen atoms in total. The summed E-state index contributed by atoms with van der Waals surface area (Å²) in [5.74, 6) is 0. The number of hydrogen-bond donors (Lipinski definition) is 0. The molecule has 0 aliphatic rings. The quantitative estimate of drug-likeness (QED) is 0.489. The summed E-state index contributed by atoms with van der Waals surface area (Å²) < 4.78 is 6.13. The molecule has 0 radical (unpaired) electrons. The van der Waals surface area contributed by atoms with Gasteiger partial charge in [-0.2, -0.15) is 0 Å². The predicted octanol–water partition coefficient (Wildman–Crippen LogP) is 0.552. The van der Waals surface area contributed by atoms with Crippen molar-refractivity contribution in [2.24, 2.45) is 2.92 Å². The van der Waals surface area contributed by atoms with E-state index in [-0.39, 0.29) is 22.7 Å². The summed E-state index contributed by atoms with van der Waals surface area (Å²) in [4.78, 5) is 0. The third kappa shape index (κ3) is 2.67. The summed E-state index contributed by atoms with van der Waals surface area (Å²) >= 11 is -0.280. The second kappa shape index (κ2) is 3.67. The average molecular weight is 159 g/mol. The van der Waals surface area contributed by atoms with Crippen molar-refractivity contribution in [3.8, 4) is 0 Å². The van der Waals surface area contributed by atoms with Gasteiger partial charge in [0, 0.05) is 0 Å². The van der Waals surface area contributed by atoms with E-state index < -0.39 is 0 Å². The van der Waals surface area contributed by atoms with Crippen LogP contribution in [-0.2, 0) is 0 Å². The second-order valence-corrected chi connectivity index (χ2v) is 3.46. The molecule has 2 heteroatoms. The summed E-state index contributed by atoms with van der Waals surface area (Å²) in [7, 11) is 1.89. The third-order valence-electron chi connectivity index (χ3n) is 0.258. The zero-order valence-corrected chi connectivity index (χ0v) is 6.32. The van der Waals surface area contributed by atoms with Crippen molar-refractivity contribution >= 4 is 22.7 Å². The molecule has 0 aliphatic carbocycles. The van der Waals surface area contributed by atoms with Gasteiger partial charge in [-0.25, -0.2) is 0 Å². The van der Waals surface area contributed by atoms with Crippen molar-refractivity contribution in [3.63, 3.8) is 0 Å². The molecule has 0 aliphatic heterocycles. The van der Waals surface area contributed by atoms with Crippen LogP contribution in [0.25, 0.3) is 0 Å². The van der Waals surface area contributed by atoms with Crippen LogP contribution in [0.15, 0.2) is 2.92 Å².